The summed E-state index contributed by atoms with van der Waals surface area (Å²) in [7, 11) is 4.11. The monoisotopic (exact) mass is 274 g/mol. The first kappa shape index (κ1) is 14.5. The van der Waals surface area contributed by atoms with Crippen LogP contribution in [-0.2, 0) is 0 Å². The predicted molar refractivity (Wildman–Crippen MR) is 75.1 cm³/mol. The summed E-state index contributed by atoms with van der Waals surface area (Å²) in [5.74, 6) is 0.768. The van der Waals surface area contributed by atoms with Crippen molar-refractivity contribution in [1.82, 2.24) is 14.9 Å². The maximum Gasteiger partial charge on any atom is 0.190 e. The molecule has 0 aromatic carbocycles. The van der Waals surface area contributed by atoms with E-state index < -0.39 is 0 Å². The van der Waals surface area contributed by atoms with Crippen LogP contribution in [-0.4, -0.2) is 47.3 Å². The number of hydrogen-bond donors (Lipinski definition) is 1. The zero-order chi connectivity index (χ0) is 13.1. The van der Waals surface area contributed by atoms with E-state index in [-0.39, 0.29) is 5.54 Å². The van der Waals surface area contributed by atoms with Crippen molar-refractivity contribution in [2.24, 2.45) is 0 Å². The minimum Gasteiger partial charge on any atom is -0.368 e. The van der Waals surface area contributed by atoms with E-state index in [1.165, 1.54) is 11.8 Å². The van der Waals surface area contributed by atoms with Gasteiger partial charge in [0.1, 0.15) is 11.0 Å². The molecule has 0 amide bonds. The summed E-state index contributed by atoms with van der Waals surface area (Å²) in [5, 5.41) is 4.44. The molecule has 1 aromatic heterocycles. The van der Waals surface area contributed by atoms with E-state index in [2.05, 4.69) is 48.1 Å². The lowest BCUT2D eigenvalue weighted by Crippen LogP contribution is -2.44. The van der Waals surface area contributed by atoms with Crippen LogP contribution in [0.1, 0.15) is 13.8 Å². The molecule has 0 fully saturated rings. The Labute approximate surface area is 112 Å². The number of thioether (sulfide) groups is 1. The van der Waals surface area contributed by atoms with Crippen LogP contribution in [0.25, 0.3) is 0 Å². The summed E-state index contributed by atoms with van der Waals surface area (Å²) in [6.07, 6.45) is 1.93. The highest BCUT2D eigenvalue weighted by molar-refractivity contribution is 7.98. The Balaban J connectivity index is 2.72. The lowest BCUT2D eigenvalue weighted by atomic mass is 10.0. The molecule has 0 aliphatic rings. The number of nitrogens with zero attached hydrogens (tertiary/aromatic N) is 3. The van der Waals surface area contributed by atoms with Crippen LogP contribution < -0.4 is 5.32 Å². The van der Waals surface area contributed by atoms with E-state index in [4.69, 9.17) is 11.6 Å². The van der Waals surface area contributed by atoms with Crippen molar-refractivity contribution in [3.63, 3.8) is 0 Å². The number of hydrogen-bond acceptors (Lipinski definition) is 5. The fourth-order valence-corrected chi connectivity index (χ4v) is 1.66. The Bertz CT molecular complexity index is 382. The number of anilines is 1. The van der Waals surface area contributed by atoms with Gasteiger partial charge in [-0.1, -0.05) is 23.4 Å². The molecule has 1 aromatic rings. The van der Waals surface area contributed by atoms with Gasteiger partial charge >= 0.3 is 0 Å². The first-order chi connectivity index (χ1) is 7.85. The molecule has 4 nitrogen and oxygen atoms in total. The number of likely N-dealkylation sites (N-methyl/N-ethyl adjacent to an activating group) is 1. The Morgan fingerprint density at radius 1 is 1.41 bits per heavy atom. The van der Waals surface area contributed by atoms with Crippen LogP contribution >= 0.6 is 23.4 Å². The zero-order valence-electron chi connectivity index (χ0n) is 10.9. The Kier molecular flexibility index (Phi) is 5.04. The van der Waals surface area contributed by atoms with Crippen LogP contribution in [0.2, 0.25) is 5.15 Å². The lowest BCUT2D eigenvalue weighted by molar-refractivity contribution is 0.210. The minimum absolute atomic E-state index is 0.0525. The molecule has 1 N–H and O–H groups in total. The van der Waals surface area contributed by atoms with Crippen LogP contribution in [0.15, 0.2) is 11.2 Å². The molecule has 96 valence electrons. The van der Waals surface area contributed by atoms with Gasteiger partial charge in [0.2, 0.25) is 0 Å². The van der Waals surface area contributed by atoms with Gasteiger partial charge in [-0.3, -0.25) is 0 Å². The van der Waals surface area contributed by atoms with Gasteiger partial charge in [-0.2, -0.15) is 0 Å². The number of rotatable bonds is 5. The molecular weight excluding hydrogens is 256 g/mol. The van der Waals surface area contributed by atoms with Gasteiger partial charge in [-0.15, -0.1) is 0 Å². The zero-order valence-corrected chi connectivity index (χ0v) is 12.5. The van der Waals surface area contributed by atoms with Crippen LogP contribution in [0.3, 0.4) is 0 Å². The van der Waals surface area contributed by atoms with E-state index in [9.17, 15) is 0 Å². The van der Waals surface area contributed by atoms with Gasteiger partial charge in [0.05, 0.1) is 0 Å². The minimum atomic E-state index is 0.0525. The fourth-order valence-electron chi connectivity index (χ4n) is 1.04. The van der Waals surface area contributed by atoms with Crippen molar-refractivity contribution in [1.29, 1.82) is 0 Å². The van der Waals surface area contributed by atoms with Gasteiger partial charge in [0.15, 0.2) is 5.16 Å². The highest BCUT2D eigenvalue weighted by Gasteiger charge is 2.20. The third-order valence-corrected chi connectivity index (χ3v) is 3.51. The largest absolute Gasteiger partial charge is 0.368 e. The predicted octanol–water partition coefficient (Wildman–Crippen LogP) is 2.60. The first-order valence-electron chi connectivity index (χ1n) is 5.35. The molecule has 0 spiro atoms. The molecule has 1 heterocycles. The molecule has 17 heavy (non-hydrogen) atoms. The maximum absolute atomic E-state index is 5.93. The average molecular weight is 275 g/mol. The molecule has 0 saturated heterocycles. The van der Waals surface area contributed by atoms with E-state index in [0.717, 1.165) is 12.4 Å². The topological polar surface area (TPSA) is 41.1 Å². The third kappa shape index (κ3) is 4.33. The van der Waals surface area contributed by atoms with Gasteiger partial charge < -0.3 is 10.2 Å². The molecule has 0 atom stereocenters. The average Bonchev–Trinajstić information content (AvgIpc) is 2.25. The van der Waals surface area contributed by atoms with Gasteiger partial charge in [-0.25, -0.2) is 9.97 Å². The van der Waals surface area contributed by atoms with Crippen molar-refractivity contribution in [3.05, 3.63) is 11.2 Å². The highest BCUT2D eigenvalue weighted by atomic mass is 35.5. The normalized spacial score (nSPS) is 11.9. The van der Waals surface area contributed by atoms with Crippen molar-refractivity contribution < 1.29 is 0 Å². The van der Waals surface area contributed by atoms with E-state index >= 15 is 0 Å². The number of aromatic nitrogens is 2. The van der Waals surface area contributed by atoms with Crippen molar-refractivity contribution in [2.75, 3.05) is 32.2 Å². The lowest BCUT2D eigenvalue weighted by Gasteiger charge is -2.32. The summed E-state index contributed by atoms with van der Waals surface area (Å²) in [4.78, 5) is 10.6. The fraction of sp³-hybridized carbons (Fsp3) is 0.636. The molecule has 6 heteroatoms. The summed E-state index contributed by atoms with van der Waals surface area (Å²) in [5.41, 5.74) is 0.0525. The number of halogens is 1. The van der Waals surface area contributed by atoms with Crippen molar-refractivity contribution in [2.45, 2.75) is 24.5 Å². The van der Waals surface area contributed by atoms with Crippen molar-refractivity contribution in [3.8, 4) is 0 Å². The second-order valence-corrected chi connectivity index (χ2v) is 5.78. The molecular formula is C11H19ClN4S. The summed E-state index contributed by atoms with van der Waals surface area (Å²) < 4.78 is 0. The van der Waals surface area contributed by atoms with E-state index in [0.29, 0.717) is 10.3 Å². The third-order valence-electron chi connectivity index (χ3n) is 2.77. The SMILES string of the molecule is CSc1nc(Cl)cc(NCC(C)(C)N(C)C)n1. The Morgan fingerprint density at radius 2 is 2.06 bits per heavy atom. The summed E-state index contributed by atoms with van der Waals surface area (Å²) in [6.45, 7) is 5.12. The van der Waals surface area contributed by atoms with Crippen LogP contribution in [0.5, 0.6) is 0 Å². The second-order valence-electron chi connectivity index (χ2n) is 4.62. The standard InChI is InChI=1S/C11H19ClN4S/c1-11(2,16(3)4)7-13-9-6-8(12)14-10(15-9)17-5/h6H,7H2,1-5H3,(H,13,14,15). The summed E-state index contributed by atoms with van der Waals surface area (Å²) >= 11 is 7.41. The van der Waals surface area contributed by atoms with Crippen LogP contribution in [0, 0.1) is 0 Å². The molecule has 1 rings (SSSR count). The maximum atomic E-state index is 5.93. The second kappa shape index (κ2) is 5.89. The van der Waals surface area contributed by atoms with Gasteiger partial charge in [0, 0.05) is 18.2 Å². The molecule has 0 bridgehead atoms. The van der Waals surface area contributed by atoms with E-state index in [1.807, 2.05) is 6.26 Å². The molecule has 0 unspecified atom stereocenters. The number of nitrogens with one attached hydrogen (secondary N) is 1. The smallest absolute Gasteiger partial charge is 0.190 e. The Hall–Kier alpha value is -0.520. The Morgan fingerprint density at radius 3 is 2.59 bits per heavy atom. The summed E-state index contributed by atoms with van der Waals surface area (Å²) in [6, 6.07) is 1.74. The molecule has 0 saturated carbocycles. The quantitative estimate of drug-likeness (QED) is 0.508. The molecule has 0 aliphatic heterocycles. The van der Waals surface area contributed by atoms with Crippen molar-refractivity contribution >= 4 is 29.2 Å². The van der Waals surface area contributed by atoms with Gasteiger partial charge in [0.25, 0.3) is 0 Å². The highest BCUT2D eigenvalue weighted by Crippen LogP contribution is 2.18. The van der Waals surface area contributed by atoms with E-state index in [1.54, 1.807) is 6.07 Å². The molecule has 0 radical (unpaired) electrons. The molecule has 0 aliphatic carbocycles. The first-order valence-corrected chi connectivity index (χ1v) is 6.95. The van der Waals surface area contributed by atoms with Crippen LogP contribution in [0.4, 0.5) is 5.82 Å². The van der Waals surface area contributed by atoms with Gasteiger partial charge in [-0.05, 0) is 34.2 Å².